The van der Waals surface area contributed by atoms with E-state index in [1.807, 2.05) is 0 Å². The van der Waals surface area contributed by atoms with Gasteiger partial charge in [0.15, 0.2) is 12.2 Å². The van der Waals surface area contributed by atoms with Crippen LogP contribution < -0.4 is 0 Å². The number of phosphoric acid groups is 2. The van der Waals surface area contributed by atoms with Crippen molar-refractivity contribution in [3.05, 3.63) is 0 Å². The molecule has 0 aromatic rings. The number of hydrogen-bond acceptors (Lipinski definition) is 15. The lowest BCUT2D eigenvalue weighted by atomic mass is 10.0. The topological polar surface area (TPSA) is 237 Å². The summed E-state index contributed by atoms with van der Waals surface area (Å²) in [5, 5.41) is 10.5. The molecule has 516 valence electrons. The zero-order valence-electron chi connectivity index (χ0n) is 56.2. The van der Waals surface area contributed by atoms with E-state index in [2.05, 4.69) is 34.6 Å². The van der Waals surface area contributed by atoms with Crippen LogP contribution in [0.15, 0.2) is 0 Å². The molecule has 0 fully saturated rings. The zero-order valence-corrected chi connectivity index (χ0v) is 57.9. The van der Waals surface area contributed by atoms with Gasteiger partial charge in [0, 0.05) is 25.7 Å². The van der Waals surface area contributed by atoms with E-state index in [9.17, 15) is 43.2 Å². The van der Waals surface area contributed by atoms with E-state index < -0.39 is 97.5 Å². The largest absolute Gasteiger partial charge is 0.472 e. The molecule has 0 aromatic heterocycles. The molecule has 0 aromatic carbocycles. The third kappa shape index (κ3) is 62.6. The van der Waals surface area contributed by atoms with Crippen molar-refractivity contribution < 1.29 is 80.2 Å². The molecule has 0 aliphatic carbocycles. The molecule has 17 nitrogen and oxygen atoms in total. The highest BCUT2D eigenvalue weighted by atomic mass is 31.2. The van der Waals surface area contributed by atoms with Gasteiger partial charge in [-0.15, -0.1) is 0 Å². The van der Waals surface area contributed by atoms with Crippen LogP contribution in [0, 0.1) is 5.92 Å². The molecule has 0 spiro atoms. The van der Waals surface area contributed by atoms with Gasteiger partial charge in [-0.3, -0.25) is 37.3 Å². The summed E-state index contributed by atoms with van der Waals surface area (Å²) in [6, 6.07) is 0. The molecule has 0 radical (unpaired) electrons. The van der Waals surface area contributed by atoms with Crippen LogP contribution in [0.1, 0.15) is 349 Å². The molecular weight excluding hydrogens is 1150 g/mol. The lowest BCUT2D eigenvalue weighted by Crippen LogP contribution is -2.30. The molecule has 0 aliphatic rings. The SMILES string of the molecule is CCCCCCCCCCCCCCCCCCCCC(=O)OC[C@H](COP(=O)(O)OC[C@@H](O)COP(=O)(O)OC[C@@H](COC(=O)CCCCCCC)OC(=O)CCCCCCC)OC(=O)CCCCCCCCCCCCCCCCCCC(C)C. The minimum atomic E-state index is -4.95. The second-order valence-electron chi connectivity index (χ2n) is 25.0. The van der Waals surface area contributed by atoms with Gasteiger partial charge in [0.2, 0.25) is 0 Å². The monoisotopic (exact) mass is 1280 g/mol. The maximum Gasteiger partial charge on any atom is 0.472 e. The Morgan fingerprint density at radius 1 is 0.310 bits per heavy atom. The van der Waals surface area contributed by atoms with Crippen LogP contribution in [0.4, 0.5) is 0 Å². The summed E-state index contributed by atoms with van der Waals surface area (Å²) in [5.74, 6) is -1.34. The van der Waals surface area contributed by atoms with Crippen LogP contribution in [-0.4, -0.2) is 96.7 Å². The molecule has 0 aliphatic heterocycles. The first-order chi connectivity index (χ1) is 42.0. The van der Waals surface area contributed by atoms with Crippen LogP contribution in [0.3, 0.4) is 0 Å². The molecule has 3 N–H and O–H groups in total. The van der Waals surface area contributed by atoms with Crippen molar-refractivity contribution >= 4 is 39.5 Å². The van der Waals surface area contributed by atoms with Gasteiger partial charge in [0.1, 0.15) is 19.3 Å². The van der Waals surface area contributed by atoms with Gasteiger partial charge in [0.05, 0.1) is 26.4 Å². The predicted octanol–water partition coefficient (Wildman–Crippen LogP) is 19.4. The zero-order chi connectivity index (χ0) is 64.2. The number of carbonyl (C=O) groups excluding carboxylic acids is 4. The van der Waals surface area contributed by atoms with Crippen LogP contribution >= 0.6 is 15.6 Å². The quantitative estimate of drug-likeness (QED) is 0.0222. The Labute approximate surface area is 530 Å². The predicted molar refractivity (Wildman–Crippen MR) is 349 cm³/mol. The molecule has 5 atom stereocenters. The van der Waals surface area contributed by atoms with Gasteiger partial charge in [0.25, 0.3) is 0 Å². The molecule has 19 heteroatoms. The Bertz CT molecular complexity index is 1690. The van der Waals surface area contributed by atoms with Crippen LogP contribution in [0.25, 0.3) is 0 Å². The molecule has 0 rings (SSSR count). The van der Waals surface area contributed by atoms with Crippen LogP contribution in [0.5, 0.6) is 0 Å². The first kappa shape index (κ1) is 85.1. The summed E-state index contributed by atoms with van der Waals surface area (Å²) in [7, 11) is -9.87. The van der Waals surface area contributed by atoms with E-state index in [-0.39, 0.29) is 25.7 Å². The average Bonchev–Trinajstić information content (AvgIpc) is 3.62. The van der Waals surface area contributed by atoms with E-state index in [4.69, 9.17) is 37.0 Å². The number of unbranched alkanes of at least 4 members (excludes halogenated alkanes) is 40. The van der Waals surface area contributed by atoms with Crippen molar-refractivity contribution in [3.63, 3.8) is 0 Å². The standard InChI is InChI=1S/C68H132O17P2/c1-6-9-12-15-16-17-18-19-20-21-22-26-29-32-35-38-43-47-52-66(71)79-58-64(85-68(73)54-49-44-39-36-33-30-27-24-23-25-28-31-34-37-42-45-50-61(4)5)60-83-87(76,77)81-56-62(69)55-80-86(74,75)82-59-63(84-67(72)53-48-41-14-11-8-3)57-78-65(70)51-46-40-13-10-7-2/h61-64,69H,6-60H2,1-5H3,(H,74,75)(H,76,77)/t62-,63+,64+/m0/s1. The molecule has 87 heavy (non-hydrogen) atoms. The Balaban J connectivity index is 5.05. The first-order valence-corrected chi connectivity index (χ1v) is 38.6. The van der Waals surface area contributed by atoms with Crippen LogP contribution in [-0.2, 0) is 65.4 Å². The second kappa shape index (κ2) is 61.6. The summed E-state index contributed by atoms with van der Waals surface area (Å²) in [4.78, 5) is 71.8. The fourth-order valence-corrected chi connectivity index (χ4v) is 11.9. The van der Waals surface area contributed by atoms with Gasteiger partial charge in [-0.05, 0) is 31.6 Å². The van der Waals surface area contributed by atoms with Gasteiger partial charge in [-0.1, -0.05) is 298 Å². The lowest BCUT2D eigenvalue weighted by molar-refractivity contribution is -0.161. The Hall–Kier alpha value is -1.94. The van der Waals surface area contributed by atoms with Crippen molar-refractivity contribution in [2.75, 3.05) is 39.6 Å². The normalized spacial score (nSPS) is 14.1. The molecule has 0 amide bonds. The molecule has 2 unspecified atom stereocenters. The Kier molecular flexibility index (Phi) is 60.2. The molecule has 0 bridgehead atoms. The molecule has 0 saturated carbocycles. The van der Waals surface area contributed by atoms with Gasteiger partial charge in [-0.2, -0.15) is 0 Å². The van der Waals surface area contributed by atoms with E-state index >= 15 is 0 Å². The highest BCUT2D eigenvalue weighted by molar-refractivity contribution is 7.47. The number of aliphatic hydroxyl groups excluding tert-OH is 1. The smallest absolute Gasteiger partial charge is 0.462 e. The maximum atomic E-state index is 13.0. The second-order valence-corrected chi connectivity index (χ2v) is 27.9. The summed E-state index contributed by atoms with van der Waals surface area (Å²) in [6.45, 7) is 7.07. The summed E-state index contributed by atoms with van der Waals surface area (Å²) in [6.07, 6.45) is 48.2. The van der Waals surface area contributed by atoms with Gasteiger partial charge in [-0.25, -0.2) is 9.13 Å². The van der Waals surface area contributed by atoms with Gasteiger partial charge < -0.3 is 33.8 Å². The van der Waals surface area contributed by atoms with Crippen molar-refractivity contribution in [2.24, 2.45) is 5.92 Å². The number of aliphatic hydroxyl groups is 1. The minimum Gasteiger partial charge on any atom is -0.462 e. The number of carbonyl (C=O) groups is 4. The number of esters is 4. The third-order valence-corrected chi connectivity index (χ3v) is 17.7. The van der Waals surface area contributed by atoms with Crippen LogP contribution in [0.2, 0.25) is 0 Å². The fraction of sp³-hybridized carbons (Fsp3) is 0.941. The highest BCUT2D eigenvalue weighted by Gasteiger charge is 2.30. The van der Waals surface area contributed by atoms with E-state index in [0.29, 0.717) is 25.7 Å². The molecule has 0 saturated heterocycles. The van der Waals surface area contributed by atoms with E-state index in [1.165, 1.54) is 167 Å². The molecular formula is C68H132O17P2. The summed E-state index contributed by atoms with van der Waals surface area (Å²) < 4.78 is 67.7. The minimum absolute atomic E-state index is 0.0991. The van der Waals surface area contributed by atoms with Crippen molar-refractivity contribution in [2.45, 2.75) is 368 Å². The fourth-order valence-electron chi connectivity index (χ4n) is 10.3. The number of hydrogen-bond donors (Lipinski definition) is 3. The third-order valence-electron chi connectivity index (χ3n) is 15.8. The van der Waals surface area contributed by atoms with Gasteiger partial charge >= 0.3 is 39.5 Å². The molecule has 0 heterocycles. The number of rotatable bonds is 68. The van der Waals surface area contributed by atoms with Crippen molar-refractivity contribution in [3.8, 4) is 0 Å². The average molecular weight is 1280 g/mol. The first-order valence-electron chi connectivity index (χ1n) is 35.6. The van der Waals surface area contributed by atoms with Crippen molar-refractivity contribution in [1.82, 2.24) is 0 Å². The van der Waals surface area contributed by atoms with E-state index in [1.54, 1.807) is 0 Å². The number of ether oxygens (including phenoxy) is 4. The maximum absolute atomic E-state index is 13.0. The summed E-state index contributed by atoms with van der Waals surface area (Å²) in [5.41, 5.74) is 0. The highest BCUT2D eigenvalue weighted by Crippen LogP contribution is 2.45. The van der Waals surface area contributed by atoms with E-state index in [0.717, 1.165) is 102 Å². The number of phosphoric ester groups is 2. The lowest BCUT2D eigenvalue weighted by Gasteiger charge is -2.21. The Morgan fingerprint density at radius 2 is 0.529 bits per heavy atom. The summed E-state index contributed by atoms with van der Waals surface area (Å²) >= 11 is 0. The Morgan fingerprint density at radius 3 is 0.782 bits per heavy atom. The van der Waals surface area contributed by atoms with Crippen molar-refractivity contribution in [1.29, 1.82) is 0 Å².